The number of allylic oxidation sites excluding steroid dienone is 8. The molecule has 0 amide bonds. The van der Waals surface area contributed by atoms with Gasteiger partial charge in [-0.05, 0) is 70.6 Å². The van der Waals surface area contributed by atoms with Gasteiger partial charge in [-0.15, -0.1) is 0 Å². The van der Waals surface area contributed by atoms with E-state index in [1.807, 2.05) is 21.1 Å². The van der Waals surface area contributed by atoms with E-state index in [4.69, 9.17) is 18.5 Å². The summed E-state index contributed by atoms with van der Waals surface area (Å²) in [5.41, 5.74) is 0. The van der Waals surface area contributed by atoms with Crippen LogP contribution in [-0.2, 0) is 32.7 Å². The highest BCUT2D eigenvalue weighted by atomic mass is 31.2. The molecular weight excluding hydrogens is 822 g/mol. The van der Waals surface area contributed by atoms with Gasteiger partial charge in [-0.25, -0.2) is 4.57 Å². The normalized spacial score (nSPS) is 13.8. The third-order valence-corrected chi connectivity index (χ3v) is 12.3. The second-order valence-electron chi connectivity index (χ2n) is 18.9. The Morgan fingerprint density at radius 1 is 0.484 bits per heavy atom. The van der Waals surface area contributed by atoms with E-state index in [0.717, 1.165) is 44.9 Å². The predicted octanol–water partition coefficient (Wildman–Crippen LogP) is 15.8. The minimum atomic E-state index is -4.40. The number of phosphoric ester groups is 1. The van der Waals surface area contributed by atoms with Gasteiger partial charge in [-0.1, -0.05) is 197 Å². The SMILES string of the molecule is CCCCCCCCCCC/C=C/C/C=C/CCCC(=O)OC[C@H](COP(=O)(O)OCC[N+](C)(C)C)OC(=O)CCC/C=C/CC/C=C/CCCCCCCCCCCCCCCC. The van der Waals surface area contributed by atoms with Gasteiger partial charge in [0.1, 0.15) is 19.8 Å². The van der Waals surface area contributed by atoms with E-state index in [0.29, 0.717) is 23.9 Å². The van der Waals surface area contributed by atoms with Crippen LogP contribution in [0.5, 0.6) is 0 Å². The number of likely N-dealkylation sites (N-methyl/N-ethyl adjacent to an activating group) is 1. The molecule has 9 nitrogen and oxygen atoms in total. The number of unbranched alkanes of at least 4 members (excludes halogenated alkanes) is 26. The molecular formula is C54H101NO8P+. The Balaban J connectivity index is 4.33. The summed E-state index contributed by atoms with van der Waals surface area (Å²) in [4.78, 5) is 35.5. The quantitative estimate of drug-likeness (QED) is 0.0211. The smallest absolute Gasteiger partial charge is 0.462 e. The van der Waals surface area contributed by atoms with Crippen molar-refractivity contribution in [3.8, 4) is 0 Å². The first-order valence-corrected chi connectivity index (χ1v) is 27.9. The van der Waals surface area contributed by atoms with Gasteiger partial charge in [0.05, 0.1) is 27.7 Å². The van der Waals surface area contributed by atoms with Gasteiger partial charge < -0.3 is 18.9 Å². The zero-order valence-corrected chi connectivity index (χ0v) is 43.2. The van der Waals surface area contributed by atoms with Crippen LogP contribution in [0.4, 0.5) is 0 Å². The lowest BCUT2D eigenvalue weighted by Crippen LogP contribution is -2.37. The van der Waals surface area contributed by atoms with Gasteiger partial charge >= 0.3 is 19.8 Å². The van der Waals surface area contributed by atoms with Gasteiger partial charge in [0, 0.05) is 12.8 Å². The Bertz CT molecular complexity index is 1230. The summed E-state index contributed by atoms with van der Waals surface area (Å²) in [6.07, 6.45) is 56.2. The predicted molar refractivity (Wildman–Crippen MR) is 270 cm³/mol. The Kier molecular flexibility index (Phi) is 44.6. The number of phosphoric acid groups is 1. The number of quaternary nitrogens is 1. The molecule has 0 fully saturated rings. The number of hydrogen-bond donors (Lipinski definition) is 1. The van der Waals surface area contributed by atoms with E-state index < -0.39 is 32.5 Å². The molecule has 0 saturated carbocycles. The number of esters is 2. The topological polar surface area (TPSA) is 108 Å². The van der Waals surface area contributed by atoms with Gasteiger partial charge in [0.15, 0.2) is 6.10 Å². The van der Waals surface area contributed by atoms with Crippen molar-refractivity contribution in [3.63, 3.8) is 0 Å². The average molecular weight is 923 g/mol. The largest absolute Gasteiger partial charge is 0.472 e. The molecule has 64 heavy (non-hydrogen) atoms. The van der Waals surface area contributed by atoms with Gasteiger partial charge in [-0.3, -0.25) is 18.6 Å². The lowest BCUT2D eigenvalue weighted by atomic mass is 10.0. The highest BCUT2D eigenvalue weighted by Gasteiger charge is 2.27. The maximum Gasteiger partial charge on any atom is 0.472 e. The Morgan fingerprint density at radius 2 is 0.859 bits per heavy atom. The van der Waals surface area contributed by atoms with E-state index in [1.54, 1.807) is 0 Å². The van der Waals surface area contributed by atoms with E-state index in [-0.39, 0.29) is 26.1 Å². The molecule has 0 aliphatic carbocycles. The maximum atomic E-state index is 12.7. The second kappa shape index (κ2) is 46.1. The lowest BCUT2D eigenvalue weighted by molar-refractivity contribution is -0.870. The standard InChI is InChI=1S/C54H100NO8P/c1-6-8-10-12-14-16-18-20-22-24-25-26-27-28-29-31-33-35-37-39-41-43-45-47-54(57)63-52(51-62-64(58,59)61-49-48-55(3,4)5)50-60-53(56)46-44-42-40-38-36-34-32-30-23-21-19-17-15-13-11-9-7-2/h31-34,38-41,52H,6-30,35-37,42-51H2,1-5H3/p+1/b33-31+,34-32+,40-38+,41-39+/t52-/m1/s1. The zero-order chi connectivity index (χ0) is 47.1. The Hall–Kier alpha value is -2.03. The van der Waals surface area contributed by atoms with Gasteiger partial charge in [0.2, 0.25) is 0 Å². The summed E-state index contributed by atoms with van der Waals surface area (Å²) in [6.45, 7) is 4.36. The summed E-state index contributed by atoms with van der Waals surface area (Å²) < 4.78 is 34.3. The molecule has 0 spiro atoms. The number of ether oxygens (including phenoxy) is 2. The number of carbonyl (C=O) groups is 2. The lowest BCUT2D eigenvalue weighted by Gasteiger charge is -2.24. The molecule has 0 saturated heterocycles. The molecule has 0 rings (SSSR count). The first kappa shape index (κ1) is 62.0. The molecule has 0 aromatic heterocycles. The molecule has 10 heteroatoms. The fraction of sp³-hybridized carbons (Fsp3) is 0.815. The number of hydrogen-bond acceptors (Lipinski definition) is 7. The third kappa shape index (κ3) is 49.4. The maximum absolute atomic E-state index is 12.7. The van der Waals surface area contributed by atoms with E-state index in [2.05, 4.69) is 62.5 Å². The second-order valence-corrected chi connectivity index (χ2v) is 20.3. The van der Waals surface area contributed by atoms with Crippen LogP contribution < -0.4 is 0 Å². The summed E-state index contributed by atoms with van der Waals surface area (Å²) in [6, 6.07) is 0. The van der Waals surface area contributed by atoms with Crippen LogP contribution in [0.25, 0.3) is 0 Å². The Labute approximate surface area is 394 Å². The van der Waals surface area contributed by atoms with E-state index >= 15 is 0 Å². The van der Waals surface area contributed by atoms with Crippen LogP contribution in [0.15, 0.2) is 48.6 Å². The van der Waals surface area contributed by atoms with Crippen molar-refractivity contribution in [1.82, 2.24) is 0 Å². The van der Waals surface area contributed by atoms with Crippen molar-refractivity contribution in [1.29, 1.82) is 0 Å². The molecule has 374 valence electrons. The molecule has 0 heterocycles. The first-order chi connectivity index (χ1) is 31.0. The highest BCUT2D eigenvalue weighted by molar-refractivity contribution is 7.47. The molecule has 0 aromatic carbocycles. The van der Waals surface area contributed by atoms with Crippen LogP contribution >= 0.6 is 7.82 Å². The highest BCUT2D eigenvalue weighted by Crippen LogP contribution is 2.43. The number of carbonyl (C=O) groups excluding carboxylic acids is 2. The first-order valence-electron chi connectivity index (χ1n) is 26.4. The molecule has 1 N–H and O–H groups in total. The van der Waals surface area contributed by atoms with Crippen molar-refractivity contribution < 1.29 is 42.1 Å². The summed E-state index contributed by atoms with van der Waals surface area (Å²) in [5, 5.41) is 0. The van der Waals surface area contributed by atoms with Crippen molar-refractivity contribution in [3.05, 3.63) is 48.6 Å². The fourth-order valence-corrected chi connectivity index (χ4v) is 7.93. The molecule has 0 aliphatic heterocycles. The number of rotatable bonds is 48. The van der Waals surface area contributed by atoms with E-state index in [1.165, 1.54) is 148 Å². The van der Waals surface area contributed by atoms with Gasteiger partial charge in [0.25, 0.3) is 0 Å². The van der Waals surface area contributed by atoms with Crippen LogP contribution in [0.2, 0.25) is 0 Å². The van der Waals surface area contributed by atoms with Crippen LogP contribution in [0, 0.1) is 0 Å². The molecule has 2 atom stereocenters. The van der Waals surface area contributed by atoms with Crippen molar-refractivity contribution in [2.24, 2.45) is 0 Å². The average Bonchev–Trinajstić information content (AvgIpc) is 3.25. The third-order valence-electron chi connectivity index (χ3n) is 11.3. The number of nitrogens with zero attached hydrogens (tertiary/aromatic N) is 1. The minimum absolute atomic E-state index is 0.0180. The summed E-state index contributed by atoms with van der Waals surface area (Å²) in [5.74, 6) is -0.896. The minimum Gasteiger partial charge on any atom is -0.462 e. The fourth-order valence-electron chi connectivity index (χ4n) is 7.19. The molecule has 0 aliphatic rings. The summed E-state index contributed by atoms with van der Waals surface area (Å²) >= 11 is 0. The molecule has 0 bridgehead atoms. The molecule has 0 radical (unpaired) electrons. The van der Waals surface area contributed by atoms with Crippen LogP contribution in [0.3, 0.4) is 0 Å². The van der Waals surface area contributed by atoms with Crippen molar-refractivity contribution >= 4 is 19.8 Å². The Morgan fingerprint density at radius 3 is 1.30 bits per heavy atom. The van der Waals surface area contributed by atoms with Crippen molar-refractivity contribution in [2.45, 2.75) is 238 Å². The van der Waals surface area contributed by atoms with E-state index in [9.17, 15) is 19.0 Å². The van der Waals surface area contributed by atoms with Gasteiger partial charge in [-0.2, -0.15) is 0 Å². The van der Waals surface area contributed by atoms with Crippen molar-refractivity contribution in [2.75, 3.05) is 47.5 Å². The molecule has 0 aromatic rings. The van der Waals surface area contributed by atoms with Crippen LogP contribution in [0.1, 0.15) is 232 Å². The zero-order valence-electron chi connectivity index (χ0n) is 42.3. The monoisotopic (exact) mass is 923 g/mol. The van der Waals surface area contributed by atoms with Crippen LogP contribution in [-0.4, -0.2) is 74.9 Å². The summed E-state index contributed by atoms with van der Waals surface area (Å²) in [7, 11) is 1.43. The molecule has 1 unspecified atom stereocenters.